The van der Waals surface area contributed by atoms with Crippen LogP contribution in [0.15, 0.2) is 17.6 Å². The number of thiazole rings is 1. The van der Waals surface area contributed by atoms with Gasteiger partial charge in [0.05, 0.1) is 24.4 Å². The van der Waals surface area contributed by atoms with Gasteiger partial charge in [0.15, 0.2) is 11.4 Å². The molecule has 0 unspecified atom stereocenters. The molecule has 1 aliphatic carbocycles. The highest BCUT2D eigenvalue weighted by atomic mass is 32.1. The Kier molecular flexibility index (Phi) is 5.86. The molecule has 2 fully saturated rings. The molecule has 170 valence electrons. The molecule has 1 amide bonds. The minimum Gasteiger partial charge on any atom is -0.493 e. The van der Waals surface area contributed by atoms with E-state index in [1.165, 1.54) is 5.56 Å². The van der Waals surface area contributed by atoms with Crippen molar-refractivity contribution in [2.24, 2.45) is 11.8 Å². The lowest BCUT2D eigenvalue weighted by Gasteiger charge is -2.31. The highest BCUT2D eigenvalue weighted by Crippen LogP contribution is 2.37. The predicted octanol–water partition coefficient (Wildman–Crippen LogP) is 4.07. The normalized spacial score (nSPS) is 23.7. The number of ether oxygens (including phenoxy) is 1. The zero-order valence-electron chi connectivity index (χ0n) is 18.8. The lowest BCUT2D eigenvalue weighted by Crippen LogP contribution is -2.37. The number of nitrogens with zero attached hydrogens (tertiary/aromatic N) is 5. The third-order valence-corrected chi connectivity index (χ3v) is 7.39. The Morgan fingerprint density at radius 3 is 2.75 bits per heavy atom. The van der Waals surface area contributed by atoms with E-state index in [0.717, 1.165) is 66.4 Å². The SMILES string of the molecule is COc1cc(CC2CCC(C(=O)N3OCC[C@H]3c3csc(C)n3)CC2)cn2nc(C)nc12. The molecule has 1 aliphatic heterocycles. The fourth-order valence-electron chi connectivity index (χ4n) is 4.99. The van der Waals surface area contributed by atoms with Crippen molar-refractivity contribution in [1.29, 1.82) is 0 Å². The second-order valence-electron chi connectivity index (χ2n) is 8.86. The summed E-state index contributed by atoms with van der Waals surface area (Å²) in [6.45, 7) is 4.46. The van der Waals surface area contributed by atoms with Gasteiger partial charge < -0.3 is 4.74 Å². The van der Waals surface area contributed by atoms with Crippen LogP contribution >= 0.6 is 11.3 Å². The van der Waals surface area contributed by atoms with E-state index in [9.17, 15) is 4.79 Å². The number of pyridine rings is 1. The van der Waals surface area contributed by atoms with Gasteiger partial charge in [-0.25, -0.2) is 19.5 Å². The molecule has 1 saturated carbocycles. The number of hydrogen-bond donors (Lipinski definition) is 0. The molecule has 0 radical (unpaired) electrons. The van der Waals surface area contributed by atoms with Crippen LogP contribution in [-0.2, 0) is 16.1 Å². The zero-order valence-corrected chi connectivity index (χ0v) is 19.6. The Morgan fingerprint density at radius 1 is 1.22 bits per heavy atom. The smallest absolute Gasteiger partial charge is 0.249 e. The van der Waals surface area contributed by atoms with Crippen LogP contribution in [0.5, 0.6) is 5.75 Å². The Labute approximate surface area is 191 Å². The molecular weight excluding hydrogens is 426 g/mol. The largest absolute Gasteiger partial charge is 0.493 e. The van der Waals surface area contributed by atoms with Crippen molar-refractivity contribution < 1.29 is 14.4 Å². The number of aromatic nitrogens is 4. The van der Waals surface area contributed by atoms with Crippen LogP contribution in [0.2, 0.25) is 0 Å². The number of hydrogen-bond acceptors (Lipinski definition) is 7. The maximum absolute atomic E-state index is 13.2. The molecule has 5 rings (SSSR count). The van der Waals surface area contributed by atoms with Crippen LogP contribution in [0.25, 0.3) is 5.65 Å². The summed E-state index contributed by atoms with van der Waals surface area (Å²) in [4.78, 5) is 28.0. The summed E-state index contributed by atoms with van der Waals surface area (Å²) in [5.41, 5.74) is 2.90. The van der Waals surface area contributed by atoms with Gasteiger partial charge in [0.25, 0.3) is 0 Å². The number of carbonyl (C=O) groups excluding carboxylic acids is 1. The fourth-order valence-corrected chi connectivity index (χ4v) is 5.65. The number of carbonyl (C=O) groups is 1. The Morgan fingerprint density at radius 2 is 2.03 bits per heavy atom. The molecule has 3 aromatic heterocycles. The van der Waals surface area contributed by atoms with E-state index >= 15 is 0 Å². The highest BCUT2D eigenvalue weighted by molar-refractivity contribution is 7.09. The number of rotatable bonds is 5. The first-order valence-electron chi connectivity index (χ1n) is 11.3. The van der Waals surface area contributed by atoms with Gasteiger partial charge in [0.1, 0.15) is 11.9 Å². The van der Waals surface area contributed by atoms with Crippen LogP contribution in [0.4, 0.5) is 0 Å². The lowest BCUT2D eigenvalue weighted by molar-refractivity contribution is -0.183. The molecule has 2 aliphatic rings. The van der Waals surface area contributed by atoms with Crippen LogP contribution < -0.4 is 4.74 Å². The van der Waals surface area contributed by atoms with Crippen molar-refractivity contribution in [2.75, 3.05) is 13.7 Å². The van der Waals surface area contributed by atoms with E-state index in [-0.39, 0.29) is 17.9 Å². The quantitative estimate of drug-likeness (QED) is 0.577. The van der Waals surface area contributed by atoms with Gasteiger partial charge in [-0.15, -0.1) is 11.3 Å². The molecule has 0 aromatic carbocycles. The van der Waals surface area contributed by atoms with Gasteiger partial charge in [-0.2, -0.15) is 5.10 Å². The Hall–Kier alpha value is -2.52. The molecule has 8 nitrogen and oxygen atoms in total. The molecule has 0 N–H and O–H groups in total. The summed E-state index contributed by atoms with van der Waals surface area (Å²) in [5, 5.41) is 9.13. The molecular formula is C23H29N5O3S. The highest BCUT2D eigenvalue weighted by Gasteiger charge is 2.38. The summed E-state index contributed by atoms with van der Waals surface area (Å²) in [5.74, 6) is 2.18. The average Bonchev–Trinajstić information content (AvgIpc) is 3.52. The standard InChI is InChI=1S/C23H29N5O3S/c1-14-24-22-21(30-3)11-17(12-27(22)26-14)10-16-4-6-18(7-5-16)23(29)28-20(8-9-31-28)19-13-32-15(2)25-19/h11-13,16,18,20H,4-10H2,1-3H3/t16?,18?,20-/m0/s1. The molecule has 3 aromatic rings. The summed E-state index contributed by atoms with van der Waals surface area (Å²) < 4.78 is 7.34. The van der Waals surface area contributed by atoms with Crippen molar-refractivity contribution in [1.82, 2.24) is 24.6 Å². The minimum absolute atomic E-state index is 0.0292. The van der Waals surface area contributed by atoms with Gasteiger partial charge in [0, 0.05) is 23.9 Å². The first-order valence-corrected chi connectivity index (χ1v) is 12.2. The second kappa shape index (κ2) is 8.78. The third kappa shape index (κ3) is 4.11. The third-order valence-electron chi connectivity index (χ3n) is 6.60. The summed E-state index contributed by atoms with van der Waals surface area (Å²) >= 11 is 1.62. The van der Waals surface area contributed by atoms with Gasteiger partial charge >= 0.3 is 0 Å². The van der Waals surface area contributed by atoms with Crippen molar-refractivity contribution in [2.45, 2.75) is 58.4 Å². The maximum Gasteiger partial charge on any atom is 0.249 e. The molecule has 0 bridgehead atoms. The molecule has 1 atom stereocenters. The van der Waals surface area contributed by atoms with Crippen LogP contribution in [-0.4, -0.2) is 44.3 Å². The first-order chi connectivity index (χ1) is 15.5. The molecule has 9 heteroatoms. The number of amides is 1. The number of methoxy groups -OCH3 is 1. The van der Waals surface area contributed by atoms with Crippen molar-refractivity contribution >= 4 is 22.9 Å². The fraction of sp³-hybridized carbons (Fsp3) is 0.565. The molecule has 32 heavy (non-hydrogen) atoms. The van der Waals surface area contributed by atoms with Crippen LogP contribution in [0.3, 0.4) is 0 Å². The second-order valence-corrected chi connectivity index (χ2v) is 9.92. The summed E-state index contributed by atoms with van der Waals surface area (Å²) in [6.07, 6.45) is 7.67. The Balaban J connectivity index is 1.22. The lowest BCUT2D eigenvalue weighted by atomic mass is 9.79. The first kappa shape index (κ1) is 21.3. The van der Waals surface area contributed by atoms with E-state index in [1.807, 2.05) is 29.9 Å². The number of fused-ring (bicyclic) bond motifs is 1. The van der Waals surface area contributed by atoms with Gasteiger partial charge in [-0.3, -0.25) is 9.63 Å². The minimum atomic E-state index is -0.0458. The van der Waals surface area contributed by atoms with Crippen molar-refractivity contribution in [3.63, 3.8) is 0 Å². The van der Waals surface area contributed by atoms with E-state index in [2.05, 4.69) is 21.1 Å². The summed E-state index contributed by atoms with van der Waals surface area (Å²) in [7, 11) is 1.67. The average molecular weight is 456 g/mol. The van der Waals surface area contributed by atoms with Crippen molar-refractivity contribution in [3.05, 3.63) is 39.7 Å². The molecule has 4 heterocycles. The summed E-state index contributed by atoms with van der Waals surface area (Å²) in [6, 6.07) is 2.02. The Bertz CT molecular complexity index is 1120. The zero-order chi connectivity index (χ0) is 22.2. The van der Waals surface area contributed by atoms with Crippen LogP contribution in [0, 0.1) is 25.7 Å². The monoisotopic (exact) mass is 455 g/mol. The van der Waals surface area contributed by atoms with Gasteiger partial charge in [-0.05, 0) is 63.5 Å². The topological polar surface area (TPSA) is 81.8 Å². The van der Waals surface area contributed by atoms with Gasteiger partial charge in [0.2, 0.25) is 5.91 Å². The van der Waals surface area contributed by atoms with Crippen molar-refractivity contribution in [3.8, 4) is 5.75 Å². The predicted molar refractivity (Wildman–Crippen MR) is 120 cm³/mol. The maximum atomic E-state index is 13.2. The van der Waals surface area contributed by atoms with E-state index in [0.29, 0.717) is 12.5 Å². The van der Waals surface area contributed by atoms with E-state index in [4.69, 9.17) is 9.57 Å². The molecule has 0 spiro atoms. The van der Waals surface area contributed by atoms with Gasteiger partial charge in [-0.1, -0.05) is 0 Å². The van der Waals surface area contributed by atoms with E-state index < -0.39 is 0 Å². The van der Waals surface area contributed by atoms with E-state index in [1.54, 1.807) is 23.5 Å². The molecule has 1 saturated heterocycles. The number of hydroxylamine groups is 2. The number of aryl methyl sites for hydroxylation is 2. The van der Waals surface area contributed by atoms with Crippen LogP contribution in [0.1, 0.15) is 60.2 Å².